The summed E-state index contributed by atoms with van der Waals surface area (Å²) in [6.07, 6.45) is -1.41. The molecule has 1 aromatic carbocycles. The van der Waals surface area contributed by atoms with E-state index in [2.05, 4.69) is 14.7 Å². The van der Waals surface area contributed by atoms with Crippen molar-refractivity contribution in [3.63, 3.8) is 0 Å². The Hall–Kier alpha value is -2.96. The van der Waals surface area contributed by atoms with Crippen LogP contribution in [0.2, 0.25) is 0 Å². The zero-order chi connectivity index (χ0) is 23.5. The number of likely N-dealkylation sites (tertiary alicyclic amines) is 1. The van der Waals surface area contributed by atoms with Crippen LogP contribution in [-0.2, 0) is 19.8 Å². The Labute approximate surface area is 187 Å². The van der Waals surface area contributed by atoms with E-state index in [0.717, 1.165) is 0 Å². The molecule has 0 bridgehead atoms. The number of piperidine rings is 1. The lowest BCUT2D eigenvalue weighted by Crippen LogP contribution is -2.54. The first-order valence-electron chi connectivity index (χ1n) is 10.2. The minimum atomic E-state index is -4.73. The van der Waals surface area contributed by atoms with Crippen LogP contribution in [0.3, 0.4) is 0 Å². The third-order valence-electron chi connectivity index (χ3n) is 5.49. The van der Waals surface area contributed by atoms with Crippen LogP contribution < -0.4 is 9.47 Å². The summed E-state index contributed by atoms with van der Waals surface area (Å²) in [5.74, 6) is 0.694. The summed E-state index contributed by atoms with van der Waals surface area (Å²) >= 11 is 0. The maximum Gasteiger partial charge on any atom is 0.522 e. The predicted octanol–water partition coefficient (Wildman–Crippen LogP) is 2.51. The minimum absolute atomic E-state index is 0.0862. The van der Waals surface area contributed by atoms with Gasteiger partial charge >= 0.3 is 6.36 Å². The van der Waals surface area contributed by atoms with Crippen LogP contribution in [0.25, 0.3) is 0 Å². The Morgan fingerprint density at radius 3 is 2.76 bits per heavy atom. The van der Waals surface area contributed by atoms with Crippen LogP contribution in [0, 0.1) is 0 Å². The van der Waals surface area contributed by atoms with Gasteiger partial charge in [0.1, 0.15) is 19.5 Å². The number of fused-ring (bicyclic) bond motifs is 1. The number of rotatable bonds is 7. The zero-order valence-corrected chi connectivity index (χ0v) is 17.7. The van der Waals surface area contributed by atoms with Crippen molar-refractivity contribution in [3.8, 4) is 11.5 Å². The van der Waals surface area contributed by atoms with Crippen molar-refractivity contribution >= 4 is 5.91 Å². The third-order valence-corrected chi connectivity index (χ3v) is 5.49. The maximum absolute atomic E-state index is 13.1. The Bertz CT molecular complexity index is 977. The summed E-state index contributed by atoms with van der Waals surface area (Å²) in [6.45, 7) is -0.239. The average molecular weight is 469 g/mol. The van der Waals surface area contributed by atoms with Gasteiger partial charge in [-0.3, -0.25) is 9.53 Å². The second-order valence-electron chi connectivity index (χ2n) is 7.39. The molecule has 12 heteroatoms. The molecule has 1 amide bonds. The van der Waals surface area contributed by atoms with E-state index >= 15 is 0 Å². The Morgan fingerprint density at radius 2 is 2.03 bits per heavy atom. The fourth-order valence-electron chi connectivity index (χ4n) is 3.91. The van der Waals surface area contributed by atoms with Crippen LogP contribution in [0.4, 0.5) is 13.2 Å². The third kappa shape index (κ3) is 5.02. The highest BCUT2D eigenvalue weighted by Gasteiger charge is 2.53. The first-order chi connectivity index (χ1) is 15.8. The quantitative estimate of drug-likeness (QED) is 0.572. The van der Waals surface area contributed by atoms with E-state index in [0.29, 0.717) is 24.4 Å². The molecule has 9 nitrogen and oxygen atoms in total. The Balaban J connectivity index is 1.42. The second kappa shape index (κ2) is 9.49. The van der Waals surface area contributed by atoms with Gasteiger partial charge in [0.15, 0.2) is 22.9 Å². The highest BCUT2D eigenvalue weighted by Crippen LogP contribution is 2.41. The molecule has 2 fully saturated rings. The normalized spacial score (nSPS) is 22.7. The van der Waals surface area contributed by atoms with Gasteiger partial charge in [0.05, 0.1) is 20.3 Å². The maximum atomic E-state index is 13.1. The fraction of sp³-hybridized carbons (Fsp3) is 0.476. The Kier molecular flexibility index (Phi) is 6.68. The molecule has 0 radical (unpaired) electrons. The number of carbonyl (C=O) groups excluding carboxylic acids is 1. The number of aromatic nitrogens is 2. The van der Waals surface area contributed by atoms with E-state index in [1.165, 1.54) is 25.3 Å². The predicted molar refractivity (Wildman–Crippen MR) is 106 cm³/mol. The number of nitrogens with zero attached hydrogens (tertiary/aromatic N) is 3. The molecule has 3 heterocycles. The lowest BCUT2D eigenvalue weighted by Gasteiger charge is -2.40. The number of halogens is 3. The van der Waals surface area contributed by atoms with Gasteiger partial charge in [-0.2, -0.15) is 0 Å². The Morgan fingerprint density at radius 1 is 1.24 bits per heavy atom. The monoisotopic (exact) mass is 469 g/mol. The number of carbonyl (C=O) groups is 1. The first kappa shape index (κ1) is 23.2. The number of alkyl halides is 3. The molecule has 2 aromatic rings. The lowest BCUT2D eigenvalue weighted by molar-refractivity contribution is -0.325. The molecule has 178 valence electrons. The number of benzene rings is 1. The number of hydrogen-bond acceptors (Lipinski definition) is 8. The summed E-state index contributed by atoms with van der Waals surface area (Å²) in [6, 6.07) is 6.20. The molecule has 2 atom stereocenters. The number of hydrogen-bond donors (Lipinski definition) is 0. The van der Waals surface area contributed by atoms with Crippen LogP contribution in [0.5, 0.6) is 11.5 Å². The minimum Gasteiger partial charge on any atom is -0.493 e. The molecule has 0 spiro atoms. The molecule has 0 N–H and O–H groups in total. The largest absolute Gasteiger partial charge is 0.522 e. The summed E-state index contributed by atoms with van der Waals surface area (Å²) in [5.41, 5.74) is -0.459. The molecule has 1 unspecified atom stereocenters. The number of ether oxygens (including phenoxy) is 5. The van der Waals surface area contributed by atoms with Crippen LogP contribution in [-0.4, -0.2) is 73.4 Å². The van der Waals surface area contributed by atoms with Crippen molar-refractivity contribution < 1.29 is 41.7 Å². The summed E-state index contributed by atoms with van der Waals surface area (Å²) in [5, 5.41) is 0. The van der Waals surface area contributed by atoms with Crippen LogP contribution >= 0.6 is 0 Å². The molecule has 1 aromatic heterocycles. The van der Waals surface area contributed by atoms with Gasteiger partial charge < -0.3 is 23.8 Å². The zero-order valence-electron chi connectivity index (χ0n) is 17.7. The highest BCUT2D eigenvalue weighted by molar-refractivity contribution is 5.95. The average Bonchev–Trinajstić information content (AvgIpc) is 3.26. The smallest absolute Gasteiger partial charge is 0.493 e. The number of methoxy groups -OCH3 is 1. The van der Waals surface area contributed by atoms with Gasteiger partial charge in [0.25, 0.3) is 5.91 Å². The van der Waals surface area contributed by atoms with Gasteiger partial charge in [-0.05, 0) is 24.3 Å². The molecular weight excluding hydrogens is 447 g/mol. The molecule has 33 heavy (non-hydrogen) atoms. The van der Waals surface area contributed by atoms with Gasteiger partial charge in [0.2, 0.25) is 0 Å². The molecule has 2 aliphatic rings. The highest BCUT2D eigenvalue weighted by atomic mass is 19.4. The topological polar surface area (TPSA) is 92.2 Å². The van der Waals surface area contributed by atoms with Crippen molar-refractivity contribution in [2.75, 3.05) is 40.2 Å². The SMILES string of the molecule is COc1cc(C(=O)N2CC[C@@]3(c4ncccn4)OCOC3C2)ccc1OCCOC(F)(F)F. The molecule has 0 saturated carbocycles. The van der Waals surface area contributed by atoms with E-state index in [4.69, 9.17) is 18.9 Å². The standard InChI is InChI=1S/C21H22F3N3O6/c1-29-16-11-14(3-4-15(16)30-9-10-32-21(22,23)24)18(28)27-8-5-20(17(12-27)31-13-33-20)19-25-6-2-7-26-19/h2-4,6-7,11,17H,5,8-10,12-13H2,1H3/t17?,20-/m1/s1. The summed E-state index contributed by atoms with van der Waals surface area (Å²) in [4.78, 5) is 23.4. The lowest BCUT2D eigenvalue weighted by atomic mass is 9.87. The van der Waals surface area contributed by atoms with Gasteiger partial charge in [-0.1, -0.05) is 0 Å². The van der Waals surface area contributed by atoms with Crippen LogP contribution in [0.1, 0.15) is 22.6 Å². The van der Waals surface area contributed by atoms with E-state index < -0.39 is 24.7 Å². The fourth-order valence-corrected chi connectivity index (χ4v) is 3.91. The molecule has 2 saturated heterocycles. The van der Waals surface area contributed by atoms with E-state index in [1.54, 1.807) is 23.4 Å². The molecule has 0 aliphatic carbocycles. The van der Waals surface area contributed by atoms with E-state index in [1.807, 2.05) is 0 Å². The van der Waals surface area contributed by atoms with Crippen molar-refractivity contribution in [2.45, 2.75) is 24.5 Å². The van der Waals surface area contributed by atoms with Gasteiger partial charge in [0, 0.05) is 30.9 Å². The van der Waals surface area contributed by atoms with Gasteiger partial charge in [-0.25, -0.2) is 9.97 Å². The molecule has 2 aliphatic heterocycles. The van der Waals surface area contributed by atoms with Crippen molar-refractivity contribution in [2.24, 2.45) is 0 Å². The van der Waals surface area contributed by atoms with Crippen LogP contribution in [0.15, 0.2) is 36.7 Å². The molecular formula is C21H22F3N3O6. The first-order valence-corrected chi connectivity index (χ1v) is 10.2. The summed E-state index contributed by atoms with van der Waals surface area (Å²) < 4.78 is 62.1. The van der Waals surface area contributed by atoms with E-state index in [9.17, 15) is 18.0 Å². The summed E-state index contributed by atoms with van der Waals surface area (Å²) in [7, 11) is 1.38. The van der Waals surface area contributed by atoms with Crippen molar-refractivity contribution in [3.05, 3.63) is 48.0 Å². The van der Waals surface area contributed by atoms with Gasteiger partial charge in [-0.15, -0.1) is 13.2 Å². The van der Waals surface area contributed by atoms with Crippen molar-refractivity contribution in [1.82, 2.24) is 14.9 Å². The second-order valence-corrected chi connectivity index (χ2v) is 7.39. The van der Waals surface area contributed by atoms with Crippen molar-refractivity contribution in [1.29, 1.82) is 0 Å². The molecule has 4 rings (SSSR count). The number of amides is 1. The van der Waals surface area contributed by atoms with E-state index in [-0.39, 0.29) is 37.4 Å².